The van der Waals surface area contributed by atoms with E-state index in [1.165, 1.54) is 26.5 Å². The van der Waals surface area contributed by atoms with Crippen LogP contribution in [0.1, 0.15) is 0 Å². The average Bonchev–Trinajstić information content (AvgIpc) is 3.20. The molecule has 0 amide bonds. The molecule has 0 saturated heterocycles. The van der Waals surface area contributed by atoms with Crippen LogP contribution in [0.25, 0.3) is 0 Å². The predicted molar refractivity (Wildman–Crippen MR) is 455 cm³/mol. The summed E-state index contributed by atoms with van der Waals surface area (Å²) in [6, 6.07) is 6.31. The molecule has 456 valence electrons. The Morgan fingerprint density at radius 3 is 0.712 bits per heavy atom. The molecule has 0 radical (unpaired) electrons. The van der Waals surface area contributed by atoms with Gasteiger partial charge in [-0.25, -0.2) is 0 Å². The Morgan fingerprint density at radius 2 is 0.548 bits per heavy atom. The zero-order valence-electron chi connectivity index (χ0n) is 59.5. The molecule has 3 unspecified atom stereocenters. The van der Waals surface area contributed by atoms with Crippen LogP contribution in [-0.2, 0) is 0 Å². The molecule has 0 aromatic rings. The van der Waals surface area contributed by atoms with Crippen LogP contribution >= 0.6 is 0 Å². The van der Waals surface area contributed by atoms with E-state index in [9.17, 15) is 0 Å². The van der Waals surface area contributed by atoms with E-state index >= 15 is 0 Å². The first-order valence-electron chi connectivity index (χ1n) is 33.5. The quantitative estimate of drug-likeness (QED) is 0.0503. The van der Waals surface area contributed by atoms with Gasteiger partial charge in [-0.15, -0.1) is 0 Å². The van der Waals surface area contributed by atoms with Crippen LogP contribution in [0.2, 0.25) is 307 Å². The molecule has 0 aromatic carbocycles. The van der Waals surface area contributed by atoms with E-state index in [0.717, 1.165) is 0 Å². The van der Waals surface area contributed by atoms with Crippen LogP contribution in [-0.4, -0.2) is 218 Å². The summed E-state index contributed by atoms with van der Waals surface area (Å²) in [5.74, 6) is 0. The van der Waals surface area contributed by atoms with Gasteiger partial charge >= 0.3 is 0 Å². The monoisotopic (exact) mass is 1420 g/mol. The standard InChI is InChI=1S/C9H28Si4.C8H26Si4.C7H24Si4.2C5H16Si2.3C4H14Si2.C3H12Si2/c1-10(2)7-12(5)9-13(6)8-11(3)4;1-10(2)6-9-7-12(5)8-11(3)4;1-10(2)6-8-5-9-7-11(3)4;1-6(2)5-7(3)4;1-6-4-5-7(2)3;2*1-5-4-6(2)3;1-6(2)4-3-5;1-5(2)3-4/h10-13H,7-9H2,1-6H3;10-12H,6-9H2,1-5H3;10-11H,5-9H2,1-4H3;6-7H,5H2,1-4H3;7H,4-6H2,1-3H3;2*6H,4-5H2,1-3H3;6H,3-4H2,1-2,5H3;5H,3H2,1-2,4H3. The first-order chi connectivity index (χ1) is 33.5. The van der Waals surface area contributed by atoms with Gasteiger partial charge in [-0.05, 0) is 10.2 Å². The third-order valence-electron chi connectivity index (χ3n) is 12.5. The average molecular weight is 1430 g/mol. The summed E-state index contributed by atoms with van der Waals surface area (Å²) < 4.78 is 0. The van der Waals surface area contributed by atoms with E-state index in [4.69, 9.17) is 0 Å². The first-order valence-corrected chi connectivity index (χ1v) is 98.6. The fraction of sp³-hybridized carbons (Fsp3) is 1.00. The van der Waals surface area contributed by atoms with Gasteiger partial charge in [0.1, 0.15) is 0 Å². The molecule has 0 aliphatic carbocycles. The summed E-state index contributed by atoms with van der Waals surface area (Å²) in [6.45, 7) is 79.2. The van der Waals surface area contributed by atoms with Gasteiger partial charge < -0.3 is 0 Å². The lowest BCUT2D eigenvalue weighted by Crippen LogP contribution is -2.25. The highest BCUT2D eigenvalue weighted by Crippen LogP contribution is 2.10. The van der Waals surface area contributed by atoms with Gasteiger partial charge in [-0.1, -0.05) is 307 Å². The molecule has 0 N–H and O–H groups in total. The van der Waals surface area contributed by atoms with Crippen LogP contribution in [0.4, 0.5) is 0 Å². The third-order valence-corrected chi connectivity index (χ3v) is 103. The molecule has 3 atom stereocenters. The molecular formula is C49H164Si24. The Bertz CT molecular complexity index is 860. The van der Waals surface area contributed by atoms with E-state index in [-0.39, 0.29) is 141 Å². The summed E-state index contributed by atoms with van der Waals surface area (Å²) in [5, 5.41) is 0. The van der Waals surface area contributed by atoms with Gasteiger partial charge in [0.05, 0.1) is 0 Å². The molecular weight excluding hydrogens is 1260 g/mol. The maximum Gasteiger partial charge on any atom is 0.0302 e. The van der Waals surface area contributed by atoms with Gasteiger partial charge in [-0.3, -0.25) is 0 Å². The Kier molecular flexibility index (Phi) is 103. The highest BCUT2D eigenvalue weighted by molar-refractivity contribution is 6.87. The van der Waals surface area contributed by atoms with Crippen molar-refractivity contribution in [3.05, 3.63) is 0 Å². The SMILES string of the molecule is C[SiH2]CC[SiH](C)C.C[SiH2]C[SiH](C)C.C[SiH2]C[SiH](C)C.C[SiH](C)CC[SiH3].C[SiH](C)C[SiH2]C[SiH2]C[SiH](C)C.C[SiH](C)C[SiH2]C[SiH](C)C[SiH](C)C.C[SiH](C)C[SiH3].C[SiH](C)C[SiH](C)C.C[SiH](C)C[SiH](C)C[SiH](C)C[SiH](C)C. The van der Waals surface area contributed by atoms with Crippen molar-refractivity contribution in [3.63, 3.8) is 0 Å². The molecule has 73 heavy (non-hydrogen) atoms. The van der Waals surface area contributed by atoms with Gasteiger partial charge in [-0.2, -0.15) is 0 Å². The number of rotatable bonds is 30. The zero-order valence-corrected chi connectivity index (χ0v) is 90.5. The summed E-state index contributed by atoms with van der Waals surface area (Å²) in [6.07, 6.45) is 0. The molecule has 0 bridgehead atoms. The largest absolute Gasteiger partial charge is 0.0750 e. The minimum absolute atomic E-state index is 0.0880. The zero-order chi connectivity index (χ0) is 59.5. The van der Waals surface area contributed by atoms with E-state index in [0.29, 0.717) is 57.1 Å². The molecule has 24 heteroatoms. The van der Waals surface area contributed by atoms with E-state index in [1.807, 2.05) is 0 Å². The minimum atomic E-state index is -0.231. The van der Waals surface area contributed by atoms with Gasteiger partial charge in [0.25, 0.3) is 0 Å². The lowest BCUT2D eigenvalue weighted by molar-refractivity contribution is 1.38. The number of hydrogen-bond donors (Lipinski definition) is 0. The van der Waals surface area contributed by atoms with E-state index < -0.39 is 0 Å². The lowest BCUT2D eigenvalue weighted by atomic mass is 10.9. The van der Waals surface area contributed by atoms with Crippen molar-refractivity contribution < 1.29 is 0 Å². The summed E-state index contributed by atoms with van der Waals surface area (Å²) in [7, 11) is 2.80. The van der Waals surface area contributed by atoms with Gasteiger partial charge in [0.15, 0.2) is 0 Å². The van der Waals surface area contributed by atoms with Crippen molar-refractivity contribution in [2.24, 2.45) is 0 Å². The number of hydrogen-bond acceptors (Lipinski definition) is 0. The van der Waals surface area contributed by atoms with Crippen molar-refractivity contribution in [2.45, 2.75) is 307 Å². The second kappa shape index (κ2) is 77.2. The topological polar surface area (TPSA) is 0 Å². The Labute approximate surface area is 520 Å². The van der Waals surface area contributed by atoms with Crippen molar-refractivity contribution in [3.8, 4) is 0 Å². The molecule has 0 spiro atoms. The molecule has 0 heterocycles. The normalized spacial score (nSPS) is 13.3. The van der Waals surface area contributed by atoms with E-state index in [2.05, 4.69) is 210 Å². The third kappa shape index (κ3) is 149. The second-order valence-corrected chi connectivity index (χ2v) is 109. The smallest absolute Gasteiger partial charge is 0.0302 e. The van der Waals surface area contributed by atoms with Crippen LogP contribution in [0.15, 0.2) is 0 Å². The van der Waals surface area contributed by atoms with Crippen LogP contribution in [0, 0.1) is 0 Å². The molecule has 0 saturated carbocycles. The van der Waals surface area contributed by atoms with E-state index in [1.54, 1.807) is 91.8 Å². The molecule has 0 aromatic heterocycles. The highest BCUT2D eigenvalue weighted by Gasteiger charge is 2.14. The van der Waals surface area contributed by atoms with Crippen LogP contribution < -0.4 is 0 Å². The predicted octanol–water partition coefficient (Wildman–Crippen LogP) is 8.27. The first kappa shape index (κ1) is 97.3. The highest BCUT2D eigenvalue weighted by atomic mass is 28.4. The summed E-state index contributed by atoms with van der Waals surface area (Å²) in [4.78, 5) is 0. The van der Waals surface area contributed by atoms with Crippen molar-refractivity contribution >= 4 is 218 Å². The van der Waals surface area contributed by atoms with Crippen LogP contribution in [0.3, 0.4) is 0 Å². The molecule has 0 aliphatic heterocycles. The maximum absolute atomic E-state index is 2.62. The van der Waals surface area contributed by atoms with Crippen molar-refractivity contribution in [1.82, 2.24) is 0 Å². The van der Waals surface area contributed by atoms with Crippen molar-refractivity contribution in [2.75, 3.05) is 0 Å². The van der Waals surface area contributed by atoms with Gasteiger partial charge in [0, 0.05) is 208 Å². The van der Waals surface area contributed by atoms with Gasteiger partial charge in [0.2, 0.25) is 0 Å². The summed E-state index contributed by atoms with van der Waals surface area (Å²) >= 11 is 0. The lowest BCUT2D eigenvalue weighted by Gasteiger charge is -2.17. The Balaban J connectivity index is -0.0000000920. The molecule has 0 rings (SSSR count). The molecule has 0 nitrogen and oxygen atoms in total. The minimum Gasteiger partial charge on any atom is -0.0750 e. The molecule has 0 fully saturated rings. The second-order valence-electron chi connectivity index (χ2n) is 29.1. The maximum atomic E-state index is 2.62. The Hall–Kier alpha value is 5.21. The molecule has 0 aliphatic rings. The fourth-order valence-corrected chi connectivity index (χ4v) is 92.6. The Morgan fingerprint density at radius 1 is 0.260 bits per heavy atom. The fourth-order valence-electron chi connectivity index (χ4n) is 8.86. The van der Waals surface area contributed by atoms with Crippen LogP contribution in [0.5, 0.6) is 0 Å². The summed E-state index contributed by atoms with van der Waals surface area (Å²) in [5.41, 5.74) is 22.2. The van der Waals surface area contributed by atoms with Crippen molar-refractivity contribution in [1.29, 1.82) is 0 Å².